The summed E-state index contributed by atoms with van der Waals surface area (Å²) < 4.78 is 4.33. The minimum absolute atomic E-state index is 0.0371. The van der Waals surface area contributed by atoms with E-state index in [1.54, 1.807) is 0 Å². The molecule has 4 heteroatoms. The average Bonchev–Trinajstić information content (AvgIpc) is 1.82. The fourth-order valence-electron chi connectivity index (χ4n) is 0.217. The lowest BCUT2D eigenvalue weighted by atomic mass is 10.6. The maximum atomic E-state index is 10.3. The van der Waals surface area contributed by atoms with Crippen molar-refractivity contribution in [1.29, 1.82) is 0 Å². The van der Waals surface area contributed by atoms with Crippen molar-refractivity contribution in [2.75, 3.05) is 13.2 Å². The first-order valence-electron chi connectivity index (χ1n) is 2.31. The van der Waals surface area contributed by atoms with Crippen LogP contribution in [-0.4, -0.2) is 24.3 Å². The molecule has 0 saturated heterocycles. The van der Waals surface area contributed by atoms with Crippen molar-refractivity contribution >= 4 is 17.6 Å². The quantitative estimate of drug-likeness (QED) is 0.464. The zero-order valence-electron chi connectivity index (χ0n) is 4.76. The molecule has 52 valence electrons. The van der Waals surface area contributed by atoms with Gasteiger partial charge in [-0.05, 0) is 0 Å². The highest BCUT2D eigenvalue weighted by molar-refractivity contribution is 6.40. The van der Waals surface area contributed by atoms with Gasteiger partial charge in [0.1, 0.15) is 11.6 Å². The molecule has 0 fully saturated rings. The molecule has 0 saturated carbocycles. The molecule has 0 atom stereocenters. The monoisotopic (exact) mass is 150 g/mol. The number of aliphatic hydroxyl groups is 1. The number of hydrogen-bond donors (Lipinski definition) is 1. The number of carbonyl (C=O) groups is 1. The summed E-state index contributed by atoms with van der Waals surface area (Å²) in [4.78, 5) is 10.3. The Morgan fingerprint density at radius 3 is 2.67 bits per heavy atom. The molecule has 0 spiro atoms. The number of esters is 1. The lowest BCUT2D eigenvalue weighted by molar-refractivity contribution is -0.139. The molecular weight excluding hydrogens is 144 g/mol. The number of ether oxygens (including phenoxy) is 1. The molecule has 0 aliphatic heterocycles. The first kappa shape index (κ1) is 8.46. The van der Waals surface area contributed by atoms with Gasteiger partial charge in [0.05, 0.1) is 6.61 Å². The molecule has 0 aromatic carbocycles. The summed E-state index contributed by atoms with van der Waals surface area (Å²) in [7, 11) is 0. The minimum atomic E-state index is -0.689. The third-order valence-electron chi connectivity index (χ3n) is 0.546. The van der Waals surface area contributed by atoms with Gasteiger partial charge in [-0.15, -0.1) is 0 Å². The van der Waals surface area contributed by atoms with Gasteiger partial charge in [-0.3, -0.25) is 0 Å². The van der Waals surface area contributed by atoms with Gasteiger partial charge in [0, 0.05) is 0 Å². The van der Waals surface area contributed by atoms with Crippen LogP contribution in [-0.2, 0) is 9.53 Å². The third kappa shape index (κ3) is 4.00. The fraction of sp³-hybridized carbons (Fsp3) is 0.400. The van der Waals surface area contributed by atoms with Crippen LogP contribution in [0.5, 0.6) is 0 Å². The number of aliphatic hydroxyl groups excluding tert-OH is 1. The van der Waals surface area contributed by atoms with E-state index in [2.05, 4.69) is 11.3 Å². The number of carbonyl (C=O) groups excluding carboxylic acids is 1. The van der Waals surface area contributed by atoms with Gasteiger partial charge in [0.25, 0.3) is 0 Å². The molecule has 0 unspecified atom stereocenters. The van der Waals surface area contributed by atoms with E-state index in [0.29, 0.717) is 0 Å². The Hall–Kier alpha value is -0.540. The molecule has 0 aromatic heterocycles. The number of halogens is 1. The van der Waals surface area contributed by atoms with Gasteiger partial charge < -0.3 is 9.84 Å². The lowest BCUT2D eigenvalue weighted by Gasteiger charge is -1.97. The van der Waals surface area contributed by atoms with E-state index in [1.807, 2.05) is 0 Å². The summed E-state index contributed by atoms with van der Waals surface area (Å²) in [6, 6.07) is 0. The fourth-order valence-corrected chi connectivity index (χ4v) is 0.271. The van der Waals surface area contributed by atoms with E-state index >= 15 is 0 Å². The Kier molecular flexibility index (Phi) is 4.09. The number of rotatable bonds is 3. The van der Waals surface area contributed by atoms with E-state index in [-0.39, 0.29) is 18.2 Å². The van der Waals surface area contributed by atoms with E-state index in [1.165, 1.54) is 0 Å². The SMILES string of the molecule is C=C(Cl)C(=O)OCCO. The smallest absolute Gasteiger partial charge is 0.349 e. The standard InChI is InChI=1S/C5H7ClO3/c1-4(6)5(8)9-3-2-7/h7H,1-3H2. The maximum Gasteiger partial charge on any atom is 0.349 e. The predicted molar refractivity (Wildman–Crippen MR) is 33.0 cm³/mol. The third-order valence-corrected chi connectivity index (χ3v) is 0.700. The molecule has 0 rings (SSSR count). The van der Waals surface area contributed by atoms with E-state index < -0.39 is 5.97 Å². The predicted octanol–water partition coefficient (Wildman–Crippen LogP) is 0.274. The van der Waals surface area contributed by atoms with Crippen LogP contribution >= 0.6 is 11.6 Å². The highest BCUT2D eigenvalue weighted by Gasteiger charge is 2.02. The van der Waals surface area contributed by atoms with Gasteiger partial charge in [0.2, 0.25) is 0 Å². The molecule has 1 N–H and O–H groups in total. The largest absolute Gasteiger partial charge is 0.459 e. The zero-order chi connectivity index (χ0) is 7.28. The Balaban J connectivity index is 3.39. The molecular formula is C5H7ClO3. The lowest BCUT2D eigenvalue weighted by Crippen LogP contribution is -2.07. The normalized spacial score (nSPS) is 8.67. The van der Waals surface area contributed by atoms with Crippen LogP contribution in [0.4, 0.5) is 0 Å². The van der Waals surface area contributed by atoms with E-state index in [4.69, 9.17) is 16.7 Å². The second kappa shape index (κ2) is 4.35. The van der Waals surface area contributed by atoms with Gasteiger partial charge in [0.15, 0.2) is 0 Å². The molecule has 0 bridgehead atoms. The van der Waals surface area contributed by atoms with E-state index in [0.717, 1.165) is 0 Å². The summed E-state index contributed by atoms with van der Waals surface area (Å²) in [5.41, 5.74) is 0. The summed E-state index contributed by atoms with van der Waals surface area (Å²) in [6.45, 7) is 2.88. The molecule has 0 aliphatic rings. The summed E-state index contributed by atoms with van der Waals surface area (Å²) in [5.74, 6) is -0.689. The van der Waals surface area contributed by atoms with Gasteiger partial charge in [-0.25, -0.2) is 4.79 Å². The van der Waals surface area contributed by atoms with Crippen LogP contribution < -0.4 is 0 Å². The van der Waals surface area contributed by atoms with Crippen molar-refractivity contribution in [2.45, 2.75) is 0 Å². The molecule has 9 heavy (non-hydrogen) atoms. The Morgan fingerprint density at radius 2 is 2.33 bits per heavy atom. The Morgan fingerprint density at radius 1 is 1.78 bits per heavy atom. The minimum Gasteiger partial charge on any atom is -0.459 e. The highest BCUT2D eigenvalue weighted by atomic mass is 35.5. The van der Waals surface area contributed by atoms with Crippen molar-refractivity contribution in [3.8, 4) is 0 Å². The van der Waals surface area contributed by atoms with Gasteiger partial charge in [-0.1, -0.05) is 18.2 Å². The second-order valence-corrected chi connectivity index (χ2v) is 1.72. The molecule has 0 heterocycles. The van der Waals surface area contributed by atoms with Gasteiger partial charge in [-0.2, -0.15) is 0 Å². The first-order chi connectivity index (χ1) is 4.18. The van der Waals surface area contributed by atoms with Crippen LogP contribution in [0.3, 0.4) is 0 Å². The molecule has 0 aliphatic carbocycles. The first-order valence-corrected chi connectivity index (χ1v) is 2.68. The molecule has 3 nitrogen and oxygen atoms in total. The summed E-state index contributed by atoms with van der Waals surface area (Å²) >= 11 is 5.11. The second-order valence-electron chi connectivity index (χ2n) is 1.26. The topological polar surface area (TPSA) is 46.5 Å². The van der Waals surface area contributed by atoms with Crippen molar-refractivity contribution in [3.63, 3.8) is 0 Å². The van der Waals surface area contributed by atoms with Crippen LogP contribution in [0.15, 0.2) is 11.6 Å². The van der Waals surface area contributed by atoms with Crippen LogP contribution in [0.25, 0.3) is 0 Å². The summed E-state index contributed by atoms with van der Waals surface area (Å²) in [5, 5.41) is 7.97. The van der Waals surface area contributed by atoms with Crippen molar-refractivity contribution in [1.82, 2.24) is 0 Å². The molecule has 0 aromatic rings. The van der Waals surface area contributed by atoms with Crippen molar-refractivity contribution < 1.29 is 14.6 Å². The maximum absolute atomic E-state index is 10.3. The van der Waals surface area contributed by atoms with Crippen molar-refractivity contribution in [2.24, 2.45) is 0 Å². The highest BCUT2D eigenvalue weighted by Crippen LogP contribution is 1.98. The summed E-state index contributed by atoms with van der Waals surface area (Å²) in [6.07, 6.45) is 0. The van der Waals surface area contributed by atoms with Crippen LogP contribution in [0.1, 0.15) is 0 Å². The average molecular weight is 151 g/mol. The number of hydrogen-bond acceptors (Lipinski definition) is 3. The molecule has 0 radical (unpaired) electrons. The van der Waals surface area contributed by atoms with Crippen molar-refractivity contribution in [3.05, 3.63) is 11.6 Å². The van der Waals surface area contributed by atoms with E-state index in [9.17, 15) is 4.79 Å². The Bertz CT molecular complexity index is 121. The Labute approximate surface area is 57.9 Å². The van der Waals surface area contributed by atoms with Gasteiger partial charge >= 0.3 is 5.97 Å². The zero-order valence-corrected chi connectivity index (χ0v) is 5.52. The van der Waals surface area contributed by atoms with Crippen LogP contribution in [0, 0.1) is 0 Å². The molecule has 0 amide bonds. The van der Waals surface area contributed by atoms with Crippen LogP contribution in [0.2, 0.25) is 0 Å².